The van der Waals surface area contributed by atoms with E-state index in [1.165, 1.54) is 23.3 Å². The van der Waals surface area contributed by atoms with Crippen molar-refractivity contribution in [2.24, 2.45) is 0 Å². The maximum Gasteiger partial charge on any atom is 0.433 e. The maximum absolute atomic E-state index is 12.6. The zero-order valence-corrected chi connectivity index (χ0v) is 9.45. The first-order valence-electron chi connectivity index (χ1n) is 4.66. The van der Waals surface area contributed by atoms with Gasteiger partial charge in [0, 0.05) is 17.4 Å². The summed E-state index contributed by atoms with van der Waals surface area (Å²) in [5, 5.41) is 0.249. The van der Waals surface area contributed by atoms with E-state index in [0.29, 0.717) is 6.54 Å². The van der Waals surface area contributed by atoms with Crippen LogP contribution in [0.5, 0.6) is 0 Å². The molecule has 1 aromatic rings. The lowest BCUT2D eigenvalue weighted by Gasteiger charge is -2.10. The van der Waals surface area contributed by atoms with Crippen LogP contribution in [0, 0.1) is 6.92 Å². The molecule has 7 heteroatoms. The first-order chi connectivity index (χ1) is 7.30. The molecular weight excluding hydrogens is 241 g/mol. The third kappa shape index (κ3) is 1.73. The highest BCUT2D eigenvalue weighted by atomic mass is 32.2. The number of fused-ring (bicyclic) bond motifs is 1. The SMILES string of the molecule is Cc1c(C(F)(F)F)nc2n(c1=O)CC(C)S2. The fourth-order valence-electron chi connectivity index (χ4n) is 1.63. The first-order valence-corrected chi connectivity index (χ1v) is 5.54. The van der Waals surface area contributed by atoms with Crippen molar-refractivity contribution >= 4 is 11.8 Å². The number of alkyl halides is 3. The summed E-state index contributed by atoms with van der Waals surface area (Å²) in [5.74, 6) is 0. The van der Waals surface area contributed by atoms with Crippen LogP contribution in [-0.4, -0.2) is 14.8 Å². The normalized spacial score (nSPS) is 19.9. The van der Waals surface area contributed by atoms with Gasteiger partial charge in [-0.25, -0.2) is 4.98 Å². The molecule has 16 heavy (non-hydrogen) atoms. The molecule has 0 radical (unpaired) electrons. The van der Waals surface area contributed by atoms with Gasteiger partial charge < -0.3 is 0 Å². The van der Waals surface area contributed by atoms with Gasteiger partial charge in [0.1, 0.15) is 0 Å². The van der Waals surface area contributed by atoms with E-state index in [1.54, 1.807) is 0 Å². The van der Waals surface area contributed by atoms with Gasteiger partial charge in [-0.1, -0.05) is 18.7 Å². The van der Waals surface area contributed by atoms with Crippen LogP contribution >= 0.6 is 11.8 Å². The third-order valence-electron chi connectivity index (χ3n) is 2.37. The predicted molar refractivity (Wildman–Crippen MR) is 53.6 cm³/mol. The van der Waals surface area contributed by atoms with E-state index >= 15 is 0 Å². The van der Waals surface area contributed by atoms with Crippen molar-refractivity contribution in [3.8, 4) is 0 Å². The van der Waals surface area contributed by atoms with Crippen molar-refractivity contribution in [3.05, 3.63) is 21.6 Å². The summed E-state index contributed by atoms with van der Waals surface area (Å²) in [5.41, 5.74) is -1.98. The summed E-state index contributed by atoms with van der Waals surface area (Å²) in [7, 11) is 0. The van der Waals surface area contributed by atoms with Crippen LogP contribution < -0.4 is 5.56 Å². The van der Waals surface area contributed by atoms with E-state index < -0.39 is 17.4 Å². The van der Waals surface area contributed by atoms with Crippen molar-refractivity contribution in [1.29, 1.82) is 0 Å². The Morgan fingerprint density at radius 2 is 2.12 bits per heavy atom. The lowest BCUT2D eigenvalue weighted by Crippen LogP contribution is -2.28. The summed E-state index contributed by atoms with van der Waals surface area (Å²) in [6.45, 7) is 3.44. The molecule has 0 N–H and O–H groups in total. The zero-order valence-electron chi connectivity index (χ0n) is 8.63. The number of hydrogen-bond acceptors (Lipinski definition) is 3. The molecule has 1 aliphatic rings. The molecule has 0 fully saturated rings. The van der Waals surface area contributed by atoms with Crippen LogP contribution in [0.4, 0.5) is 13.2 Å². The van der Waals surface area contributed by atoms with E-state index in [1.807, 2.05) is 6.92 Å². The molecule has 0 saturated heterocycles. The molecule has 0 aliphatic carbocycles. The van der Waals surface area contributed by atoms with E-state index in [4.69, 9.17) is 0 Å². The minimum atomic E-state index is -4.56. The lowest BCUT2D eigenvalue weighted by molar-refractivity contribution is -0.142. The smallest absolute Gasteiger partial charge is 0.286 e. The number of rotatable bonds is 0. The first kappa shape index (κ1) is 11.5. The Morgan fingerprint density at radius 3 is 2.69 bits per heavy atom. The van der Waals surface area contributed by atoms with Crippen molar-refractivity contribution in [3.63, 3.8) is 0 Å². The molecule has 1 aromatic heterocycles. The summed E-state index contributed by atoms with van der Waals surface area (Å²) in [4.78, 5) is 15.2. The van der Waals surface area contributed by atoms with E-state index in [-0.39, 0.29) is 16.0 Å². The van der Waals surface area contributed by atoms with Gasteiger partial charge in [-0.15, -0.1) is 0 Å². The van der Waals surface area contributed by atoms with Crippen molar-refractivity contribution in [1.82, 2.24) is 9.55 Å². The molecule has 2 heterocycles. The molecule has 88 valence electrons. The zero-order chi connectivity index (χ0) is 12.1. The molecule has 2 rings (SSSR count). The summed E-state index contributed by atoms with van der Waals surface area (Å²) in [6.07, 6.45) is -4.56. The Labute approximate surface area is 93.7 Å². The average molecular weight is 250 g/mol. The van der Waals surface area contributed by atoms with Gasteiger partial charge in [0.15, 0.2) is 10.9 Å². The monoisotopic (exact) mass is 250 g/mol. The second-order valence-corrected chi connectivity index (χ2v) is 5.12. The molecule has 0 amide bonds. The van der Waals surface area contributed by atoms with E-state index in [0.717, 1.165) is 0 Å². The standard InChI is InChI=1S/C9H9F3N2OS/c1-4-3-14-7(15)5(2)6(9(10,11)12)13-8(14)16-4/h4H,3H2,1-2H3. The van der Waals surface area contributed by atoms with Crippen LogP contribution in [-0.2, 0) is 12.7 Å². The van der Waals surface area contributed by atoms with Gasteiger partial charge in [-0.3, -0.25) is 9.36 Å². The fourth-order valence-corrected chi connectivity index (χ4v) is 2.64. The highest BCUT2D eigenvalue weighted by molar-refractivity contribution is 7.99. The van der Waals surface area contributed by atoms with Gasteiger partial charge >= 0.3 is 6.18 Å². The van der Waals surface area contributed by atoms with Gasteiger partial charge in [0.25, 0.3) is 5.56 Å². The van der Waals surface area contributed by atoms with Crippen LogP contribution in [0.25, 0.3) is 0 Å². The van der Waals surface area contributed by atoms with E-state index in [2.05, 4.69) is 4.98 Å². The quantitative estimate of drug-likeness (QED) is 0.661. The Hall–Kier alpha value is -0.980. The van der Waals surface area contributed by atoms with Crippen LogP contribution in [0.15, 0.2) is 9.95 Å². The molecule has 0 bridgehead atoms. The van der Waals surface area contributed by atoms with Crippen LogP contribution in [0.1, 0.15) is 18.2 Å². The highest BCUT2D eigenvalue weighted by Gasteiger charge is 2.38. The highest BCUT2D eigenvalue weighted by Crippen LogP contribution is 2.34. The van der Waals surface area contributed by atoms with Crippen LogP contribution in [0.3, 0.4) is 0 Å². The van der Waals surface area contributed by atoms with Crippen LogP contribution in [0.2, 0.25) is 0 Å². The Bertz CT molecular complexity index is 495. The number of aromatic nitrogens is 2. The molecule has 1 atom stereocenters. The second-order valence-electron chi connectivity index (χ2n) is 3.71. The number of halogens is 3. The van der Waals surface area contributed by atoms with Gasteiger partial charge in [-0.2, -0.15) is 13.2 Å². The Kier molecular flexibility index (Phi) is 2.52. The average Bonchev–Trinajstić information content (AvgIpc) is 2.51. The maximum atomic E-state index is 12.6. The predicted octanol–water partition coefficient (Wildman–Crippen LogP) is 2.06. The van der Waals surface area contributed by atoms with E-state index in [9.17, 15) is 18.0 Å². The molecule has 1 aliphatic heterocycles. The molecule has 1 unspecified atom stereocenters. The third-order valence-corrected chi connectivity index (χ3v) is 3.45. The minimum Gasteiger partial charge on any atom is -0.286 e. The number of thioether (sulfide) groups is 1. The van der Waals surface area contributed by atoms with Gasteiger partial charge in [0.2, 0.25) is 0 Å². The molecule has 0 aromatic carbocycles. The van der Waals surface area contributed by atoms with Gasteiger partial charge in [0.05, 0.1) is 0 Å². The largest absolute Gasteiger partial charge is 0.433 e. The summed E-state index contributed by atoms with van der Waals surface area (Å²) >= 11 is 1.20. The Balaban J connectivity index is 2.66. The summed E-state index contributed by atoms with van der Waals surface area (Å²) < 4.78 is 39.0. The topological polar surface area (TPSA) is 34.9 Å². The molecule has 3 nitrogen and oxygen atoms in total. The van der Waals surface area contributed by atoms with Crippen molar-refractivity contribution in [2.75, 3.05) is 0 Å². The molecule has 0 spiro atoms. The van der Waals surface area contributed by atoms with Crippen molar-refractivity contribution in [2.45, 2.75) is 37.0 Å². The number of hydrogen-bond donors (Lipinski definition) is 0. The fraction of sp³-hybridized carbons (Fsp3) is 0.556. The lowest BCUT2D eigenvalue weighted by atomic mass is 10.2. The molecular formula is C9H9F3N2OS. The molecule has 0 saturated carbocycles. The Morgan fingerprint density at radius 1 is 1.50 bits per heavy atom. The number of nitrogens with zero attached hydrogens (tertiary/aromatic N) is 2. The van der Waals surface area contributed by atoms with Crippen molar-refractivity contribution < 1.29 is 13.2 Å². The second kappa shape index (κ2) is 3.51. The van der Waals surface area contributed by atoms with Gasteiger partial charge in [-0.05, 0) is 6.92 Å². The summed E-state index contributed by atoms with van der Waals surface area (Å²) in [6, 6.07) is 0. The minimum absolute atomic E-state index is 0.0862.